The number of hydrogen-bond acceptors (Lipinski definition) is 9. The van der Waals surface area contributed by atoms with E-state index in [9.17, 15) is 0 Å². The van der Waals surface area contributed by atoms with Crippen molar-refractivity contribution in [3.05, 3.63) is 22.6 Å². The SMILES string of the molecule is CC.COc1cnc(CNc2nc(N)nc(Cl)c2C=N)c(OC)c1OC. The molecular formula is C16H23ClN6O3. The van der Waals surface area contributed by atoms with E-state index in [1.165, 1.54) is 27.5 Å². The van der Waals surface area contributed by atoms with Gasteiger partial charge >= 0.3 is 0 Å². The Bertz CT molecular complexity index is 757. The van der Waals surface area contributed by atoms with Crippen molar-refractivity contribution in [1.29, 1.82) is 5.41 Å². The highest BCUT2D eigenvalue weighted by molar-refractivity contribution is 6.32. The molecule has 2 heterocycles. The smallest absolute Gasteiger partial charge is 0.223 e. The average Bonchev–Trinajstić information content (AvgIpc) is 2.66. The molecule has 0 saturated carbocycles. The first-order valence-corrected chi connectivity index (χ1v) is 8.14. The van der Waals surface area contributed by atoms with E-state index >= 15 is 0 Å². The fourth-order valence-electron chi connectivity index (χ4n) is 2.06. The maximum atomic E-state index is 7.43. The van der Waals surface area contributed by atoms with E-state index in [0.717, 1.165) is 6.21 Å². The largest absolute Gasteiger partial charge is 0.491 e. The topological polar surface area (TPSA) is 128 Å². The number of methoxy groups -OCH3 is 3. The molecule has 0 fully saturated rings. The van der Waals surface area contributed by atoms with Gasteiger partial charge in [0.15, 0.2) is 11.5 Å². The highest BCUT2D eigenvalue weighted by Crippen LogP contribution is 2.38. The van der Waals surface area contributed by atoms with Gasteiger partial charge in [0.1, 0.15) is 16.7 Å². The summed E-state index contributed by atoms with van der Waals surface area (Å²) < 4.78 is 15.9. The average molecular weight is 383 g/mol. The predicted octanol–water partition coefficient (Wildman–Crippen LogP) is 2.77. The van der Waals surface area contributed by atoms with Crippen LogP contribution in [0, 0.1) is 5.41 Å². The number of nitrogen functional groups attached to an aromatic ring is 1. The molecule has 2 aromatic rings. The van der Waals surface area contributed by atoms with Gasteiger partial charge in [0.05, 0.1) is 39.6 Å². The van der Waals surface area contributed by atoms with Crippen molar-refractivity contribution >= 4 is 29.6 Å². The van der Waals surface area contributed by atoms with Crippen LogP contribution in [0.25, 0.3) is 0 Å². The number of nitrogens with two attached hydrogens (primary N) is 1. The maximum Gasteiger partial charge on any atom is 0.223 e. The highest BCUT2D eigenvalue weighted by Gasteiger charge is 2.18. The van der Waals surface area contributed by atoms with Crippen LogP contribution in [0.4, 0.5) is 11.8 Å². The number of halogens is 1. The van der Waals surface area contributed by atoms with Crippen LogP contribution in [-0.2, 0) is 6.54 Å². The molecule has 142 valence electrons. The van der Waals surface area contributed by atoms with Gasteiger partial charge in [-0.05, 0) is 0 Å². The van der Waals surface area contributed by atoms with Crippen LogP contribution in [0.2, 0.25) is 5.15 Å². The van der Waals surface area contributed by atoms with E-state index in [4.69, 9.17) is 37.0 Å². The first-order chi connectivity index (χ1) is 12.5. The molecule has 0 aliphatic carbocycles. The van der Waals surface area contributed by atoms with Crippen molar-refractivity contribution in [2.24, 2.45) is 0 Å². The molecule has 0 aromatic carbocycles. The number of aromatic nitrogens is 3. The summed E-state index contributed by atoms with van der Waals surface area (Å²) in [5.41, 5.74) is 6.47. The van der Waals surface area contributed by atoms with Crippen molar-refractivity contribution in [3.63, 3.8) is 0 Å². The van der Waals surface area contributed by atoms with Gasteiger partial charge in [0.2, 0.25) is 11.7 Å². The molecule has 9 nitrogen and oxygen atoms in total. The van der Waals surface area contributed by atoms with Crippen molar-refractivity contribution < 1.29 is 14.2 Å². The van der Waals surface area contributed by atoms with Crippen molar-refractivity contribution in [3.8, 4) is 17.2 Å². The van der Waals surface area contributed by atoms with E-state index < -0.39 is 0 Å². The number of nitrogens with zero attached hydrogens (tertiary/aromatic N) is 3. The van der Waals surface area contributed by atoms with E-state index in [-0.39, 0.29) is 17.6 Å². The zero-order chi connectivity index (χ0) is 19.7. The van der Waals surface area contributed by atoms with E-state index in [2.05, 4.69) is 20.3 Å². The molecule has 2 rings (SSSR count). The lowest BCUT2D eigenvalue weighted by atomic mass is 10.2. The van der Waals surface area contributed by atoms with Gasteiger partial charge in [-0.3, -0.25) is 4.98 Å². The normalized spacial score (nSPS) is 9.62. The van der Waals surface area contributed by atoms with Crippen LogP contribution in [0.5, 0.6) is 17.2 Å². The molecule has 0 atom stereocenters. The van der Waals surface area contributed by atoms with Crippen molar-refractivity contribution in [2.75, 3.05) is 32.4 Å². The van der Waals surface area contributed by atoms with E-state index in [0.29, 0.717) is 34.3 Å². The van der Waals surface area contributed by atoms with Crippen LogP contribution in [0.15, 0.2) is 6.20 Å². The second-order valence-corrected chi connectivity index (χ2v) is 4.83. The molecule has 0 radical (unpaired) electrons. The van der Waals surface area contributed by atoms with Gasteiger partial charge in [-0.2, -0.15) is 4.98 Å². The predicted molar refractivity (Wildman–Crippen MR) is 102 cm³/mol. The lowest BCUT2D eigenvalue weighted by Gasteiger charge is -2.16. The third-order valence-corrected chi connectivity index (χ3v) is 3.43. The van der Waals surface area contributed by atoms with Crippen LogP contribution in [0.3, 0.4) is 0 Å². The fraction of sp³-hybridized carbons (Fsp3) is 0.375. The number of pyridine rings is 1. The Balaban J connectivity index is 0.00000163. The van der Waals surface area contributed by atoms with E-state index in [1.807, 2.05) is 13.8 Å². The molecule has 0 aliphatic rings. The third-order valence-electron chi connectivity index (χ3n) is 3.14. The summed E-state index contributed by atoms with van der Waals surface area (Å²) in [6.07, 6.45) is 2.57. The second-order valence-electron chi connectivity index (χ2n) is 4.47. The lowest BCUT2D eigenvalue weighted by molar-refractivity contribution is 0.319. The Morgan fingerprint density at radius 1 is 1.15 bits per heavy atom. The molecule has 26 heavy (non-hydrogen) atoms. The Labute approximate surface area is 157 Å². The third kappa shape index (κ3) is 4.63. The Hall–Kier alpha value is -2.81. The minimum atomic E-state index is 0.000311. The summed E-state index contributed by atoms with van der Waals surface area (Å²) in [7, 11) is 4.53. The molecule has 0 saturated heterocycles. The Morgan fingerprint density at radius 2 is 1.81 bits per heavy atom. The number of ether oxygens (including phenoxy) is 3. The molecule has 0 spiro atoms. The highest BCUT2D eigenvalue weighted by atomic mass is 35.5. The first-order valence-electron chi connectivity index (χ1n) is 7.76. The van der Waals surface area contributed by atoms with Crippen LogP contribution in [0.1, 0.15) is 25.1 Å². The first kappa shape index (κ1) is 21.2. The van der Waals surface area contributed by atoms with Crippen LogP contribution >= 0.6 is 11.6 Å². The summed E-state index contributed by atoms with van der Waals surface area (Å²) >= 11 is 5.96. The van der Waals surface area contributed by atoms with Crippen molar-refractivity contribution in [1.82, 2.24) is 15.0 Å². The molecular weight excluding hydrogens is 360 g/mol. The fourth-order valence-corrected chi connectivity index (χ4v) is 2.29. The zero-order valence-corrected chi connectivity index (χ0v) is 16.1. The molecule has 2 aromatic heterocycles. The minimum Gasteiger partial charge on any atom is -0.491 e. The van der Waals surface area contributed by atoms with Gasteiger partial charge in [0, 0.05) is 6.21 Å². The summed E-state index contributed by atoms with van der Waals surface area (Å²) in [4.78, 5) is 12.1. The molecule has 4 N–H and O–H groups in total. The standard InChI is InChI=1S/C14H17ClN6O3.C2H6/c1-22-9-6-18-8(10(23-2)11(9)24-3)5-19-13-7(4-16)12(15)20-14(17)21-13;1-2/h4,6,16H,5H2,1-3H3,(H3,17,19,20,21);1-2H3. The molecule has 0 unspecified atom stereocenters. The quantitative estimate of drug-likeness (QED) is 0.492. The second kappa shape index (κ2) is 10.2. The Morgan fingerprint density at radius 3 is 2.35 bits per heavy atom. The van der Waals surface area contributed by atoms with Gasteiger partial charge in [0.25, 0.3) is 0 Å². The number of hydrogen-bond donors (Lipinski definition) is 3. The van der Waals surface area contributed by atoms with E-state index in [1.54, 1.807) is 0 Å². The molecule has 0 amide bonds. The minimum absolute atomic E-state index is 0.000311. The van der Waals surface area contributed by atoms with Gasteiger partial charge in [-0.25, -0.2) is 4.98 Å². The molecule has 10 heteroatoms. The number of nitrogens with one attached hydrogen (secondary N) is 2. The lowest BCUT2D eigenvalue weighted by Crippen LogP contribution is -2.11. The zero-order valence-electron chi connectivity index (χ0n) is 15.4. The van der Waals surface area contributed by atoms with Gasteiger partial charge in [-0.15, -0.1) is 0 Å². The maximum absolute atomic E-state index is 7.43. The number of anilines is 2. The van der Waals surface area contributed by atoms with Crippen molar-refractivity contribution in [2.45, 2.75) is 20.4 Å². The molecule has 0 aliphatic heterocycles. The number of rotatable bonds is 7. The Kier molecular flexibility index (Phi) is 8.36. The van der Waals surface area contributed by atoms with Crippen LogP contribution in [-0.4, -0.2) is 42.5 Å². The van der Waals surface area contributed by atoms with Crippen LogP contribution < -0.4 is 25.3 Å². The summed E-state index contributed by atoms with van der Waals surface area (Å²) in [6.45, 7) is 4.23. The van der Waals surface area contributed by atoms with Gasteiger partial charge < -0.3 is 30.7 Å². The molecule has 0 bridgehead atoms. The summed E-state index contributed by atoms with van der Waals surface area (Å²) in [6, 6.07) is 0. The van der Waals surface area contributed by atoms with Gasteiger partial charge in [-0.1, -0.05) is 25.4 Å². The summed E-state index contributed by atoms with van der Waals surface area (Å²) in [5, 5.41) is 10.5. The summed E-state index contributed by atoms with van der Waals surface area (Å²) in [5.74, 6) is 1.63. The monoisotopic (exact) mass is 382 g/mol.